The second-order valence-corrected chi connectivity index (χ2v) is 5.68. The minimum absolute atomic E-state index is 0.0520. The highest BCUT2D eigenvalue weighted by Crippen LogP contribution is 2.34. The maximum Gasteiger partial charge on any atom is 0.417 e. The molecule has 1 aromatic rings. The number of nitrogens with zero attached hydrogens (tertiary/aromatic N) is 1. The maximum atomic E-state index is 13.0. The number of rotatable bonds is 2. The molecule has 1 aliphatic rings. The standard InChI is InChI=1S/C14H15BrF3NO/c1-9-6-7-19(12(9)8-15)13(20)10-4-2-3-5-11(10)14(16,17)18/h2-5,9,12H,6-8H2,1H3. The van der Waals surface area contributed by atoms with Crippen LogP contribution in [0.4, 0.5) is 13.2 Å². The summed E-state index contributed by atoms with van der Waals surface area (Å²) in [5.74, 6) is -0.247. The van der Waals surface area contributed by atoms with E-state index in [0.29, 0.717) is 11.9 Å². The van der Waals surface area contributed by atoms with E-state index in [1.54, 1.807) is 4.90 Å². The minimum atomic E-state index is -4.51. The first-order valence-electron chi connectivity index (χ1n) is 6.39. The Balaban J connectivity index is 2.35. The van der Waals surface area contributed by atoms with Crippen molar-refractivity contribution in [2.45, 2.75) is 25.6 Å². The fourth-order valence-electron chi connectivity index (χ4n) is 2.57. The van der Waals surface area contributed by atoms with E-state index in [4.69, 9.17) is 0 Å². The fourth-order valence-corrected chi connectivity index (χ4v) is 3.55. The molecule has 20 heavy (non-hydrogen) atoms. The Labute approximate surface area is 124 Å². The Morgan fingerprint density at radius 3 is 2.65 bits per heavy atom. The lowest BCUT2D eigenvalue weighted by molar-refractivity contribution is -0.138. The number of likely N-dealkylation sites (tertiary alicyclic amines) is 1. The molecule has 0 spiro atoms. The monoisotopic (exact) mass is 349 g/mol. The van der Waals surface area contributed by atoms with Crippen molar-refractivity contribution in [3.63, 3.8) is 0 Å². The van der Waals surface area contributed by atoms with E-state index >= 15 is 0 Å². The van der Waals surface area contributed by atoms with Gasteiger partial charge in [-0.15, -0.1) is 0 Å². The van der Waals surface area contributed by atoms with Gasteiger partial charge in [0.25, 0.3) is 5.91 Å². The summed E-state index contributed by atoms with van der Waals surface area (Å²) in [5.41, 5.74) is -1.13. The molecule has 2 unspecified atom stereocenters. The molecule has 0 aliphatic carbocycles. The number of carbonyl (C=O) groups is 1. The fraction of sp³-hybridized carbons (Fsp3) is 0.500. The Kier molecular flexibility index (Phi) is 4.42. The minimum Gasteiger partial charge on any atom is -0.335 e. The van der Waals surface area contributed by atoms with E-state index in [0.717, 1.165) is 12.5 Å². The zero-order valence-corrected chi connectivity index (χ0v) is 12.5. The summed E-state index contributed by atoms with van der Waals surface area (Å²) in [6, 6.07) is 4.91. The molecule has 1 heterocycles. The molecule has 110 valence electrons. The average Bonchev–Trinajstić information content (AvgIpc) is 2.78. The Morgan fingerprint density at radius 2 is 2.05 bits per heavy atom. The second-order valence-electron chi connectivity index (χ2n) is 5.03. The predicted molar refractivity (Wildman–Crippen MR) is 73.8 cm³/mol. The topological polar surface area (TPSA) is 20.3 Å². The number of benzene rings is 1. The van der Waals surface area contributed by atoms with E-state index in [1.807, 2.05) is 6.92 Å². The van der Waals surface area contributed by atoms with E-state index in [2.05, 4.69) is 15.9 Å². The van der Waals surface area contributed by atoms with Crippen molar-refractivity contribution < 1.29 is 18.0 Å². The van der Waals surface area contributed by atoms with Crippen LogP contribution in [0.3, 0.4) is 0 Å². The first-order chi connectivity index (χ1) is 9.36. The number of hydrogen-bond donors (Lipinski definition) is 0. The number of carbonyl (C=O) groups excluding carboxylic acids is 1. The van der Waals surface area contributed by atoms with Gasteiger partial charge < -0.3 is 4.90 Å². The molecular formula is C14H15BrF3NO. The van der Waals surface area contributed by atoms with Gasteiger partial charge in [-0.3, -0.25) is 4.79 Å². The highest BCUT2D eigenvalue weighted by molar-refractivity contribution is 9.09. The van der Waals surface area contributed by atoms with Gasteiger partial charge >= 0.3 is 6.18 Å². The average molecular weight is 350 g/mol. The van der Waals surface area contributed by atoms with Crippen LogP contribution in [0, 0.1) is 5.92 Å². The van der Waals surface area contributed by atoms with Gasteiger partial charge in [0.15, 0.2) is 0 Å². The smallest absolute Gasteiger partial charge is 0.335 e. The molecule has 1 amide bonds. The lowest BCUT2D eigenvalue weighted by atomic mass is 10.0. The Morgan fingerprint density at radius 1 is 1.40 bits per heavy atom. The molecule has 1 saturated heterocycles. The molecule has 2 rings (SSSR count). The van der Waals surface area contributed by atoms with Crippen LogP contribution in [0.1, 0.15) is 29.3 Å². The predicted octanol–water partition coefficient (Wildman–Crippen LogP) is 3.95. The molecule has 1 fully saturated rings. The molecule has 6 heteroatoms. The largest absolute Gasteiger partial charge is 0.417 e. The maximum absolute atomic E-state index is 13.0. The summed E-state index contributed by atoms with van der Waals surface area (Å²) >= 11 is 3.34. The van der Waals surface area contributed by atoms with Crippen molar-refractivity contribution in [3.05, 3.63) is 35.4 Å². The van der Waals surface area contributed by atoms with Gasteiger partial charge in [-0.2, -0.15) is 13.2 Å². The lowest BCUT2D eigenvalue weighted by Gasteiger charge is -2.26. The third-order valence-electron chi connectivity index (χ3n) is 3.76. The van der Waals surface area contributed by atoms with Gasteiger partial charge in [0.1, 0.15) is 0 Å². The van der Waals surface area contributed by atoms with E-state index < -0.39 is 17.6 Å². The van der Waals surface area contributed by atoms with Crippen molar-refractivity contribution in [3.8, 4) is 0 Å². The zero-order valence-electron chi connectivity index (χ0n) is 11.0. The highest BCUT2D eigenvalue weighted by Gasteiger charge is 2.39. The third kappa shape index (κ3) is 2.85. The molecule has 0 N–H and O–H groups in total. The van der Waals surface area contributed by atoms with Crippen molar-refractivity contribution in [2.24, 2.45) is 5.92 Å². The summed E-state index contributed by atoms with van der Waals surface area (Å²) in [6.45, 7) is 2.51. The van der Waals surface area contributed by atoms with Crippen LogP contribution in [-0.4, -0.2) is 28.7 Å². The Bertz CT molecular complexity index is 503. The molecule has 2 atom stereocenters. The van der Waals surface area contributed by atoms with Gasteiger partial charge in [0.2, 0.25) is 0 Å². The molecule has 1 aliphatic heterocycles. The molecule has 1 aromatic carbocycles. The van der Waals surface area contributed by atoms with Crippen molar-refractivity contribution in [1.29, 1.82) is 0 Å². The number of halogens is 4. The molecule has 0 saturated carbocycles. The summed E-state index contributed by atoms with van der Waals surface area (Å²) < 4.78 is 38.9. The van der Waals surface area contributed by atoms with E-state index in [-0.39, 0.29) is 17.5 Å². The van der Waals surface area contributed by atoms with Crippen LogP contribution < -0.4 is 0 Å². The normalized spacial score (nSPS) is 23.1. The first-order valence-corrected chi connectivity index (χ1v) is 7.51. The quantitative estimate of drug-likeness (QED) is 0.740. The van der Waals surface area contributed by atoms with Crippen LogP contribution in [0.5, 0.6) is 0 Å². The summed E-state index contributed by atoms with van der Waals surface area (Å²) in [5, 5.41) is 0.577. The van der Waals surface area contributed by atoms with Gasteiger partial charge in [0, 0.05) is 17.9 Å². The van der Waals surface area contributed by atoms with Gasteiger partial charge in [-0.05, 0) is 24.5 Å². The van der Waals surface area contributed by atoms with Crippen LogP contribution in [-0.2, 0) is 6.18 Å². The van der Waals surface area contributed by atoms with Crippen molar-refractivity contribution in [1.82, 2.24) is 4.90 Å². The van der Waals surface area contributed by atoms with Gasteiger partial charge in [0.05, 0.1) is 11.1 Å². The van der Waals surface area contributed by atoms with Crippen LogP contribution in [0.15, 0.2) is 24.3 Å². The summed E-state index contributed by atoms with van der Waals surface area (Å²) in [4.78, 5) is 14.0. The number of hydrogen-bond acceptors (Lipinski definition) is 1. The molecule has 0 bridgehead atoms. The lowest BCUT2D eigenvalue weighted by Crippen LogP contribution is -2.39. The first kappa shape index (κ1) is 15.4. The second kappa shape index (κ2) is 5.76. The number of amides is 1. The zero-order chi connectivity index (χ0) is 14.9. The SMILES string of the molecule is CC1CCN(C(=O)c2ccccc2C(F)(F)F)C1CBr. The van der Waals surface area contributed by atoms with Crippen LogP contribution in [0.2, 0.25) is 0 Å². The summed E-state index contributed by atoms with van der Waals surface area (Å²) in [6.07, 6.45) is -3.70. The van der Waals surface area contributed by atoms with Crippen LogP contribution >= 0.6 is 15.9 Å². The number of alkyl halides is 4. The Hall–Kier alpha value is -1.04. The molecular weight excluding hydrogens is 335 g/mol. The van der Waals surface area contributed by atoms with E-state index in [9.17, 15) is 18.0 Å². The molecule has 0 radical (unpaired) electrons. The third-order valence-corrected chi connectivity index (χ3v) is 4.43. The van der Waals surface area contributed by atoms with E-state index in [1.165, 1.54) is 18.2 Å². The van der Waals surface area contributed by atoms with Crippen molar-refractivity contribution >= 4 is 21.8 Å². The van der Waals surface area contributed by atoms with Crippen LogP contribution in [0.25, 0.3) is 0 Å². The van der Waals surface area contributed by atoms with Gasteiger partial charge in [-0.25, -0.2) is 0 Å². The highest BCUT2D eigenvalue weighted by atomic mass is 79.9. The van der Waals surface area contributed by atoms with Gasteiger partial charge in [-0.1, -0.05) is 35.0 Å². The molecule has 2 nitrogen and oxygen atoms in total. The summed E-state index contributed by atoms with van der Waals surface area (Å²) in [7, 11) is 0. The molecule has 0 aromatic heterocycles. The van der Waals surface area contributed by atoms with Crippen molar-refractivity contribution in [2.75, 3.05) is 11.9 Å².